The first-order valence-electron chi connectivity index (χ1n) is 35.4. The summed E-state index contributed by atoms with van der Waals surface area (Å²) in [5.74, 6) is -16.3. The summed E-state index contributed by atoms with van der Waals surface area (Å²) >= 11 is 0. The fourth-order valence-electron chi connectivity index (χ4n) is 13.8. The van der Waals surface area contributed by atoms with E-state index in [4.69, 9.17) is 9.84 Å². The first kappa shape index (κ1) is 76.9. The molecule has 0 bridgehead atoms. The molecule has 6 aliphatic rings. The number of carbonyl (C=O) groups excluding carboxylic acids is 12. The van der Waals surface area contributed by atoms with Crippen LogP contribution in [0.1, 0.15) is 92.3 Å². The van der Waals surface area contributed by atoms with Gasteiger partial charge in [-0.25, -0.2) is 4.79 Å². The van der Waals surface area contributed by atoms with E-state index in [1.165, 1.54) is 28.0 Å². The highest BCUT2D eigenvalue weighted by atomic mass is 16.5. The van der Waals surface area contributed by atoms with Gasteiger partial charge in [0.2, 0.25) is 53.2 Å². The third kappa shape index (κ3) is 19.3. The Balaban J connectivity index is 0.781. The van der Waals surface area contributed by atoms with Crippen molar-refractivity contribution in [3.8, 4) is 5.75 Å². The molecule has 5 aromatic rings. The zero-order valence-corrected chi connectivity index (χ0v) is 58.0. The molecule has 2 heterocycles. The fraction of sp³-hybridized carbons (Fsp3) is 0.427. The summed E-state index contributed by atoms with van der Waals surface area (Å²) in [6.07, 6.45) is 2.65. The molecule has 5 aromatic carbocycles. The number of likely N-dealkylation sites (tertiary alicyclic amines) is 2. The van der Waals surface area contributed by atoms with Crippen molar-refractivity contribution in [2.24, 2.45) is 23.7 Å². The molecular formula is C75H86N12O20. The highest BCUT2D eigenvalue weighted by Gasteiger charge is 2.52. The number of carboxylic acids is 1. The van der Waals surface area contributed by atoms with E-state index in [1.54, 1.807) is 0 Å². The van der Waals surface area contributed by atoms with Crippen molar-refractivity contribution in [3.63, 3.8) is 0 Å². The summed E-state index contributed by atoms with van der Waals surface area (Å²) in [6.45, 7) is -8.34. The van der Waals surface area contributed by atoms with Crippen LogP contribution < -0.4 is 57.9 Å². The van der Waals surface area contributed by atoms with Gasteiger partial charge in [-0.3, -0.25) is 57.5 Å². The maximum Gasteiger partial charge on any atom is 0.328 e. The van der Waals surface area contributed by atoms with Gasteiger partial charge >= 0.3 is 5.97 Å². The van der Waals surface area contributed by atoms with E-state index in [-0.39, 0.29) is 90.9 Å². The Hall–Kier alpha value is -11.2. The summed E-state index contributed by atoms with van der Waals surface area (Å²) in [7, 11) is 0. The number of aliphatic hydroxyl groups excluding tert-OH is 5. The maximum absolute atomic E-state index is 15.2. The van der Waals surface area contributed by atoms with Crippen molar-refractivity contribution in [1.29, 1.82) is 0 Å². The summed E-state index contributed by atoms with van der Waals surface area (Å²) in [5.41, 5.74) is 3.83. The highest BCUT2D eigenvalue weighted by molar-refractivity contribution is 6.03. The van der Waals surface area contributed by atoms with Crippen molar-refractivity contribution >= 4 is 76.9 Å². The standard InChI is InChI=1S/C75H86N12O20/c88-33-57(69(99)82-58(34-89)70(100)83-59(35-90)71(101)84-60(36-91)72(102)85-61(37-92)75(105)106)77-63(93)28-76-64(94)38-107-62-23-43(73(103)86-29-49(65(95)78-53-24-45(53)39-13-5-1-6-14-39)50(30-86)66(96)79-54-25-46(54)40-15-7-2-8-16-40)21-22-44(62)74(104)87-31-51(67(97)80-55-26-47(55)41-17-9-3-10-18-41)52(32-87)68(98)81-56-27-48(56)42-19-11-4-12-20-42/h1-23,45-61,88-92H,24-38H2,(H,76,94)(H,77,93)(H,78,95)(H,79,96)(H,80,97)(H,81,98)(H,82,99)(H,83,100)(H,84,101)(H,85,102)(H,105,106)/t45-,46-,47-,48-,49-,50-,51-,52-,53+,54+,55+,56+,57?,58+,59+,60+,61+/m1/s1. The molecule has 0 spiro atoms. The molecule has 0 radical (unpaired) electrons. The Morgan fingerprint density at radius 1 is 0.383 bits per heavy atom. The van der Waals surface area contributed by atoms with E-state index < -0.39 is 177 Å². The lowest BCUT2D eigenvalue weighted by Crippen LogP contribution is -2.61. The molecule has 1 unspecified atom stereocenters. The van der Waals surface area contributed by atoms with Crippen LogP contribution in [-0.2, 0) is 52.7 Å². The molecule has 6 fully saturated rings. The molecule has 16 N–H and O–H groups in total. The second kappa shape index (κ2) is 34.8. The monoisotopic (exact) mass is 1470 g/mol. The maximum atomic E-state index is 15.2. The third-order valence-corrected chi connectivity index (χ3v) is 20.3. The number of nitrogens with zero attached hydrogens (tertiary/aromatic N) is 2. The molecule has 2 saturated heterocycles. The van der Waals surface area contributed by atoms with Gasteiger partial charge < -0.3 is 98.3 Å². The van der Waals surface area contributed by atoms with Crippen LogP contribution in [0.4, 0.5) is 0 Å². The summed E-state index contributed by atoms with van der Waals surface area (Å²) in [6, 6.07) is 32.1. The van der Waals surface area contributed by atoms with Crippen LogP contribution in [-0.4, -0.2) is 244 Å². The van der Waals surface area contributed by atoms with Gasteiger partial charge in [0.05, 0.1) is 68.8 Å². The molecule has 17 atom stereocenters. The Bertz CT molecular complexity index is 3980. The van der Waals surface area contributed by atoms with Crippen LogP contribution in [0.15, 0.2) is 140 Å². The van der Waals surface area contributed by atoms with Crippen molar-refractivity contribution in [2.45, 2.75) is 104 Å². The molecule has 32 heteroatoms. The number of hydrogen-bond donors (Lipinski definition) is 16. The second-order valence-corrected chi connectivity index (χ2v) is 27.7. The average Bonchev–Trinajstić information content (AvgIpc) is 1.66. The number of hydrogen-bond acceptors (Lipinski definition) is 19. The number of amides is 12. The minimum Gasteiger partial charge on any atom is -0.483 e. The molecule has 2 aliphatic heterocycles. The topological polar surface area (TPSA) is 479 Å². The van der Waals surface area contributed by atoms with Crippen molar-refractivity contribution in [2.75, 3.05) is 72.4 Å². The predicted molar refractivity (Wildman–Crippen MR) is 376 cm³/mol. The number of aliphatic carboxylic acids is 1. The van der Waals surface area contributed by atoms with Crippen LogP contribution in [0.2, 0.25) is 0 Å². The molecular weight excluding hydrogens is 1390 g/mol. The van der Waals surface area contributed by atoms with Gasteiger partial charge in [-0.1, -0.05) is 121 Å². The van der Waals surface area contributed by atoms with Crippen LogP contribution in [0.5, 0.6) is 5.75 Å². The van der Waals surface area contributed by atoms with Gasteiger partial charge in [0.15, 0.2) is 6.61 Å². The summed E-state index contributed by atoms with van der Waals surface area (Å²) in [4.78, 5) is 181. The molecule has 566 valence electrons. The Morgan fingerprint density at radius 3 is 1.01 bits per heavy atom. The van der Waals surface area contributed by atoms with E-state index in [0.29, 0.717) is 25.7 Å². The molecule has 12 amide bonds. The Kier molecular flexibility index (Phi) is 25.0. The van der Waals surface area contributed by atoms with Gasteiger partial charge in [-0.2, -0.15) is 0 Å². The zero-order valence-electron chi connectivity index (χ0n) is 58.0. The highest BCUT2D eigenvalue weighted by Crippen LogP contribution is 2.45. The van der Waals surface area contributed by atoms with Crippen LogP contribution >= 0.6 is 0 Å². The lowest BCUT2D eigenvalue weighted by atomic mass is 9.94. The van der Waals surface area contributed by atoms with Gasteiger partial charge in [0, 0.05) is 79.6 Å². The summed E-state index contributed by atoms with van der Waals surface area (Å²) < 4.78 is 6.07. The Labute approximate surface area is 613 Å². The molecule has 4 aliphatic carbocycles. The van der Waals surface area contributed by atoms with E-state index >= 15 is 4.79 Å². The number of carboxylic acid groups (broad SMARTS) is 1. The van der Waals surface area contributed by atoms with Crippen LogP contribution in [0.3, 0.4) is 0 Å². The number of ether oxygens (including phenoxy) is 1. The van der Waals surface area contributed by atoms with Crippen LogP contribution in [0, 0.1) is 23.7 Å². The number of benzene rings is 5. The number of nitrogens with one attached hydrogen (secondary N) is 10. The Morgan fingerprint density at radius 2 is 0.692 bits per heavy atom. The fourth-order valence-corrected chi connectivity index (χ4v) is 13.8. The largest absolute Gasteiger partial charge is 0.483 e. The molecule has 32 nitrogen and oxygen atoms in total. The van der Waals surface area contributed by atoms with E-state index in [9.17, 15) is 83.1 Å². The summed E-state index contributed by atoms with van der Waals surface area (Å²) in [5, 5.41) is 83.0. The van der Waals surface area contributed by atoms with Gasteiger partial charge in [0.25, 0.3) is 17.7 Å². The number of rotatable bonds is 34. The van der Waals surface area contributed by atoms with Crippen LogP contribution in [0.25, 0.3) is 0 Å². The van der Waals surface area contributed by atoms with Gasteiger partial charge in [-0.05, 0) is 66.1 Å². The lowest BCUT2D eigenvalue weighted by Gasteiger charge is -2.24. The van der Waals surface area contributed by atoms with Gasteiger partial charge in [-0.15, -0.1) is 0 Å². The SMILES string of the molecule is O=C(COc1cc(C(=O)N2C[C@@H](C(=O)N[C@H]3C[C@@H]3c3ccccc3)[C@H](C(=O)N[C@H]3C[C@@H]3c3ccccc3)C2)ccc1C(=O)N1C[C@@H](C(=O)N[C@H]2C[C@@H]2c2ccccc2)[C@H](C(=O)N[C@H]2C[C@@H]2c2ccccc2)C1)NCC(=O)NC(CO)C(=O)N[C@@H](CO)C(=O)N[C@@H](CO)C(=O)N[C@@H](CO)C(=O)N[C@@H](CO)C(=O)O. The number of aliphatic hydroxyl groups is 5. The van der Waals surface area contributed by atoms with Crippen molar-refractivity contribution in [3.05, 3.63) is 173 Å². The smallest absolute Gasteiger partial charge is 0.328 e. The van der Waals surface area contributed by atoms with E-state index in [1.807, 2.05) is 143 Å². The molecule has 4 saturated carbocycles. The third-order valence-electron chi connectivity index (χ3n) is 20.3. The molecule has 11 rings (SSSR count). The molecule has 0 aromatic heterocycles. The van der Waals surface area contributed by atoms with Crippen molar-refractivity contribution < 1.29 is 97.7 Å². The first-order chi connectivity index (χ1) is 51.6. The normalized spacial score (nSPS) is 24.2. The molecule has 107 heavy (non-hydrogen) atoms. The zero-order chi connectivity index (χ0) is 76.2. The van der Waals surface area contributed by atoms with Gasteiger partial charge in [0.1, 0.15) is 36.0 Å². The van der Waals surface area contributed by atoms with Crippen molar-refractivity contribution in [1.82, 2.24) is 63.0 Å². The number of carbonyl (C=O) groups is 13. The lowest BCUT2D eigenvalue weighted by molar-refractivity contribution is -0.143. The van der Waals surface area contributed by atoms with E-state index in [2.05, 4.69) is 31.9 Å². The first-order valence-corrected chi connectivity index (χ1v) is 35.4. The minimum atomic E-state index is -1.94. The quantitative estimate of drug-likeness (QED) is 0.0192. The predicted octanol–water partition coefficient (Wildman–Crippen LogP) is -3.28. The average molecular weight is 1480 g/mol. The minimum absolute atomic E-state index is 0.0330. The second-order valence-electron chi connectivity index (χ2n) is 27.7. The van der Waals surface area contributed by atoms with E-state index in [0.717, 1.165) is 22.3 Å².